The van der Waals surface area contributed by atoms with E-state index in [-0.39, 0.29) is 5.41 Å². The molecule has 51 heavy (non-hydrogen) atoms. The van der Waals surface area contributed by atoms with E-state index in [2.05, 4.69) is 170 Å². The third-order valence-corrected chi connectivity index (χ3v) is 11.0. The van der Waals surface area contributed by atoms with Crippen LogP contribution in [0.4, 0.5) is 5.69 Å². The van der Waals surface area contributed by atoms with Crippen molar-refractivity contribution in [3.63, 3.8) is 0 Å². The summed E-state index contributed by atoms with van der Waals surface area (Å²) in [4.78, 5) is 9.00. The number of hydrogen-bond donors (Lipinski definition) is 0. The number of nitrogens with zero attached hydrogens (tertiary/aromatic N) is 2. The van der Waals surface area contributed by atoms with E-state index < -0.39 is 0 Å². The Morgan fingerprint density at radius 2 is 1.12 bits per heavy atom. The molecule has 1 heterocycles. The Hall–Kier alpha value is -6.56. The summed E-state index contributed by atoms with van der Waals surface area (Å²) in [7, 11) is 0. The van der Waals surface area contributed by atoms with Gasteiger partial charge in [-0.1, -0.05) is 135 Å². The van der Waals surface area contributed by atoms with E-state index in [4.69, 9.17) is 11.6 Å². The summed E-state index contributed by atoms with van der Waals surface area (Å²) in [5.74, 6) is 0. The molecule has 0 fully saturated rings. The Labute approximate surface area is 297 Å². The van der Waals surface area contributed by atoms with Crippen molar-refractivity contribution in [1.82, 2.24) is 4.98 Å². The van der Waals surface area contributed by atoms with Crippen LogP contribution in [0.15, 0.2) is 158 Å². The van der Waals surface area contributed by atoms with Crippen LogP contribution >= 0.6 is 0 Å². The molecule has 1 aliphatic carbocycles. The minimum Gasteiger partial charge on any atom is -0.247 e. The Morgan fingerprint density at radius 3 is 1.94 bits per heavy atom. The predicted molar refractivity (Wildman–Crippen MR) is 214 cm³/mol. The Morgan fingerprint density at radius 1 is 0.471 bits per heavy atom. The first kappa shape index (κ1) is 29.4. The van der Waals surface area contributed by atoms with Gasteiger partial charge in [-0.3, -0.25) is 0 Å². The van der Waals surface area contributed by atoms with Gasteiger partial charge in [-0.15, -0.1) is 0 Å². The summed E-state index contributed by atoms with van der Waals surface area (Å²) < 4.78 is 0. The van der Waals surface area contributed by atoms with Crippen molar-refractivity contribution < 1.29 is 0 Å². The summed E-state index contributed by atoms with van der Waals surface area (Å²) in [6, 6.07) is 56.9. The molecule has 9 aromatic rings. The molecule has 8 aromatic carbocycles. The number of benzene rings is 8. The van der Waals surface area contributed by atoms with Gasteiger partial charge in [0.25, 0.3) is 0 Å². The lowest BCUT2D eigenvalue weighted by Crippen LogP contribution is -2.14. The lowest BCUT2D eigenvalue weighted by atomic mass is 9.81. The molecule has 2 heteroatoms. The van der Waals surface area contributed by atoms with Crippen LogP contribution in [-0.2, 0) is 5.41 Å². The van der Waals surface area contributed by atoms with E-state index in [0.29, 0.717) is 5.69 Å². The molecule has 2 nitrogen and oxygen atoms in total. The van der Waals surface area contributed by atoms with E-state index >= 15 is 0 Å². The van der Waals surface area contributed by atoms with Crippen LogP contribution in [0.5, 0.6) is 0 Å². The first-order valence-corrected chi connectivity index (χ1v) is 17.5. The predicted octanol–water partition coefficient (Wildman–Crippen LogP) is 13.6. The van der Waals surface area contributed by atoms with Gasteiger partial charge in [0.15, 0.2) is 5.69 Å². The zero-order valence-corrected chi connectivity index (χ0v) is 28.4. The van der Waals surface area contributed by atoms with Crippen molar-refractivity contribution in [2.24, 2.45) is 0 Å². The second kappa shape index (κ2) is 11.0. The van der Waals surface area contributed by atoms with Gasteiger partial charge in [-0.05, 0) is 108 Å². The van der Waals surface area contributed by atoms with Gasteiger partial charge in [-0.2, -0.15) is 0 Å². The molecule has 0 spiro atoms. The molecule has 0 unspecified atom stereocenters. The smallest absolute Gasteiger partial charge is 0.187 e. The summed E-state index contributed by atoms with van der Waals surface area (Å²) in [6.45, 7) is 12.1. The number of pyridine rings is 1. The van der Waals surface area contributed by atoms with Crippen LogP contribution in [0.2, 0.25) is 0 Å². The van der Waals surface area contributed by atoms with Gasteiger partial charge in [0, 0.05) is 21.8 Å². The third kappa shape index (κ3) is 4.52. The molecule has 1 aromatic heterocycles. The molecular formula is C49H32N2. The van der Waals surface area contributed by atoms with Crippen molar-refractivity contribution >= 4 is 48.9 Å². The van der Waals surface area contributed by atoms with Crippen molar-refractivity contribution in [3.8, 4) is 44.6 Å². The van der Waals surface area contributed by atoms with E-state index in [1.807, 2.05) is 6.07 Å². The quantitative estimate of drug-likeness (QED) is 0.106. The van der Waals surface area contributed by atoms with Crippen molar-refractivity contribution in [2.75, 3.05) is 0 Å². The van der Waals surface area contributed by atoms with Gasteiger partial charge < -0.3 is 0 Å². The number of fused-ring (bicyclic) bond motifs is 9. The van der Waals surface area contributed by atoms with Crippen molar-refractivity contribution in [3.05, 3.63) is 180 Å². The first-order valence-electron chi connectivity index (χ1n) is 17.5. The Bertz CT molecular complexity index is 2950. The Balaban J connectivity index is 1.11. The fourth-order valence-electron chi connectivity index (χ4n) is 8.37. The topological polar surface area (TPSA) is 17.2 Å². The fourth-order valence-corrected chi connectivity index (χ4v) is 8.37. The van der Waals surface area contributed by atoms with E-state index in [1.165, 1.54) is 76.8 Å². The van der Waals surface area contributed by atoms with Crippen molar-refractivity contribution in [1.29, 1.82) is 0 Å². The zero-order valence-electron chi connectivity index (χ0n) is 28.4. The molecule has 0 aliphatic heterocycles. The maximum atomic E-state index is 7.54. The summed E-state index contributed by atoms with van der Waals surface area (Å²) >= 11 is 0. The largest absolute Gasteiger partial charge is 0.247 e. The summed E-state index contributed by atoms with van der Waals surface area (Å²) in [5, 5.41) is 8.45. The lowest BCUT2D eigenvalue weighted by molar-refractivity contribution is 0.661. The average molecular weight is 649 g/mol. The van der Waals surface area contributed by atoms with Crippen LogP contribution in [0.1, 0.15) is 25.0 Å². The normalized spacial score (nSPS) is 13.0. The zero-order chi connectivity index (χ0) is 34.3. The molecule has 238 valence electrons. The van der Waals surface area contributed by atoms with Crippen LogP contribution < -0.4 is 0 Å². The van der Waals surface area contributed by atoms with Crippen LogP contribution in [0, 0.1) is 6.57 Å². The molecule has 0 radical (unpaired) electrons. The van der Waals surface area contributed by atoms with E-state index in [1.54, 1.807) is 0 Å². The maximum Gasteiger partial charge on any atom is 0.187 e. The molecular weight excluding hydrogens is 617 g/mol. The standard InChI is InChI=1S/C49H32N2/c1-49(2)44-28-36(18-21-40(44)41-22-20-38(50-3)29-45(41)49)33-14-9-13-32(24-33)34-16-17-35-26-42-43(27-37(35)25-34)48(31-11-5-4-6-12-31)51-46-23-19-30-10-7-8-15-39(30)47(42)46/h4-29H,1-2H3. The van der Waals surface area contributed by atoms with E-state index in [0.717, 1.165) is 22.2 Å². The fraction of sp³-hybridized carbons (Fsp3) is 0.0612. The van der Waals surface area contributed by atoms with Crippen LogP contribution in [-0.4, -0.2) is 4.98 Å². The molecule has 0 atom stereocenters. The lowest BCUT2D eigenvalue weighted by Gasteiger charge is -2.22. The summed E-state index contributed by atoms with van der Waals surface area (Å²) in [5.41, 5.74) is 13.5. The van der Waals surface area contributed by atoms with Gasteiger partial charge in [0.05, 0.1) is 17.8 Å². The minimum atomic E-state index is -0.175. The van der Waals surface area contributed by atoms with Gasteiger partial charge in [0.1, 0.15) is 0 Å². The van der Waals surface area contributed by atoms with Crippen molar-refractivity contribution in [2.45, 2.75) is 19.3 Å². The summed E-state index contributed by atoms with van der Waals surface area (Å²) in [6.07, 6.45) is 0. The molecule has 0 bridgehead atoms. The van der Waals surface area contributed by atoms with Gasteiger partial charge in [-0.25, -0.2) is 9.83 Å². The number of aromatic nitrogens is 1. The highest BCUT2D eigenvalue weighted by Crippen LogP contribution is 2.51. The monoisotopic (exact) mass is 648 g/mol. The highest BCUT2D eigenvalue weighted by atomic mass is 14.7. The molecule has 0 saturated carbocycles. The number of rotatable bonds is 3. The SMILES string of the molecule is [C-]#[N+]c1ccc2c(c1)C(C)(C)c1cc(-c3cccc(-c4ccc5cc6c(cc5c4)c(-c4ccccc4)nc4ccc5ccccc5c46)c3)ccc1-2. The molecule has 0 amide bonds. The number of hydrogen-bond acceptors (Lipinski definition) is 1. The highest BCUT2D eigenvalue weighted by Gasteiger charge is 2.35. The minimum absolute atomic E-state index is 0.175. The maximum absolute atomic E-state index is 7.54. The second-order valence-corrected chi connectivity index (χ2v) is 14.3. The van der Waals surface area contributed by atoms with Gasteiger partial charge >= 0.3 is 0 Å². The molecule has 1 aliphatic rings. The second-order valence-electron chi connectivity index (χ2n) is 14.3. The van der Waals surface area contributed by atoms with Gasteiger partial charge in [0.2, 0.25) is 0 Å². The van der Waals surface area contributed by atoms with Crippen LogP contribution in [0.25, 0.3) is 92.7 Å². The molecule has 10 rings (SSSR count). The molecule has 0 saturated heterocycles. The van der Waals surface area contributed by atoms with Crippen LogP contribution in [0.3, 0.4) is 0 Å². The Kier molecular flexibility index (Phi) is 6.32. The molecule has 0 N–H and O–H groups in total. The van der Waals surface area contributed by atoms with E-state index in [9.17, 15) is 0 Å². The highest BCUT2D eigenvalue weighted by molar-refractivity contribution is 6.23. The third-order valence-electron chi connectivity index (χ3n) is 11.0. The first-order chi connectivity index (χ1) is 25.0. The average Bonchev–Trinajstić information content (AvgIpc) is 3.41.